The fourth-order valence-corrected chi connectivity index (χ4v) is 2.18. The maximum atomic E-state index is 11.8. The molecule has 1 aromatic rings. The van der Waals surface area contributed by atoms with Crippen LogP contribution in [0.2, 0.25) is 0 Å². The highest BCUT2D eigenvalue weighted by Gasteiger charge is 2.16. The third-order valence-corrected chi connectivity index (χ3v) is 3.34. The molecule has 1 aliphatic rings. The molecule has 1 saturated carbocycles. The van der Waals surface area contributed by atoms with Crippen molar-refractivity contribution in [2.75, 3.05) is 0 Å². The minimum Gasteiger partial charge on any atom is -0.507 e. The molecule has 1 aromatic carbocycles. The first kappa shape index (κ1) is 12.6. The van der Waals surface area contributed by atoms with Crippen molar-refractivity contribution in [2.24, 2.45) is 11.0 Å². The smallest absolute Gasteiger partial charge is 0.275 e. The van der Waals surface area contributed by atoms with Gasteiger partial charge in [0.1, 0.15) is 5.75 Å². The third kappa shape index (κ3) is 2.88. The van der Waals surface area contributed by atoms with Crippen molar-refractivity contribution >= 4 is 11.6 Å². The summed E-state index contributed by atoms with van der Waals surface area (Å²) in [6.45, 7) is 2.13. The Bertz CT molecular complexity index is 469. The Morgan fingerprint density at radius 3 is 2.89 bits per heavy atom. The van der Waals surface area contributed by atoms with Gasteiger partial charge in [-0.2, -0.15) is 5.10 Å². The lowest BCUT2D eigenvalue weighted by atomic mass is 9.89. The normalized spacial score (nSPS) is 21.8. The molecule has 4 heteroatoms. The number of aromatic hydroxyl groups is 1. The van der Waals surface area contributed by atoms with E-state index in [0.717, 1.165) is 25.0 Å². The second-order valence-corrected chi connectivity index (χ2v) is 4.71. The molecule has 18 heavy (non-hydrogen) atoms. The van der Waals surface area contributed by atoms with E-state index in [1.807, 2.05) is 0 Å². The van der Waals surface area contributed by atoms with Crippen LogP contribution < -0.4 is 5.43 Å². The first-order valence-corrected chi connectivity index (χ1v) is 6.33. The van der Waals surface area contributed by atoms with Gasteiger partial charge >= 0.3 is 0 Å². The summed E-state index contributed by atoms with van der Waals surface area (Å²) < 4.78 is 0. The van der Waals surface area contributed by atoms with Crippen molar-refractivity contribution in [3.8, 4) is 5.75 Å². The molecule has 0 spiro atoms. The Kier molecular flexibility index (Phi) is 3.97. The summed E-state index contributed by atoms with van der Waals surface area (Å²) in [4.78, 5) is 11.8. The SMILES string of the molecule is CC1CCCC/C1=N\NC(=O)c1ccccc1O. The minimum absolute atomic E-state index is 0.0214. The van der Waals surface area contributed by atoms with E-state index in [1.165, 1.54) is 12.5 Å². The molecule has 2 N–H and O–H groups in total. The predicted octanol–water partition coefficient (Wildman–Crippen LogP) is 2.69. The maximum absolute atomic E-state index is 11.8. The summed E-state index contributed by atoms with van der Waals surface area (Å²) in [5.41, 5.74) is 3.83. The van der Waals surface area contributed by atoms with Crippen LogP contribution in [0.5, 0.6) is 5.75 Å². The van der Waals surface area contributed by atoms with Crippen LogP contribution >= 0.6 is 0 Å². The molecule has 0 saturated heterocycles. The van der Waals surface area contributed by atoms with Gasteiger partial charge in [-0.3, -0.25) is 4.79 Å². The molecule has 0 radical (unpaired) electrons. The van der Waals surface area contributed by atoms with Crippen LogP contribution in [0, 0.1) is 5.92 Å². The Balaban J connectivity index is 2.04. The van der Waals surface area contributed by atoms with E-state index < -0.39 is 0 Å². The number of nitrogens with one attached hydrogen (secondary N) is 1. The molecule has 96 valence electrons. The molecule has 2 rings (SSSR count). The van der Waals surface area contributed by atoms with Gasteiger partial charge in [0.2, 0.25) is 0 Å². The zero-order valence-electron chi connectivity index (χ0n) is 10.5. The van der Waals surface area contributed by atoms with Crippen LogP contribution in [0.15, 0.2) is 29.4 Å². The first-order valence-electron chi connectivity index (χ1n) is 6.33. The number of benzene rings is 1. The molecule has 0 bridgehead atoms. The largest absolute Gasteiger partial charge is 0.507 e. The zero-order valence-corrected chi connectivity index (χ0v) is 10.5. The Morgan fingerprint density at radius 2 is 2.17 bits per heavy atom. The van der Waals surface area contributed by atoms with Crippen molar-refractivity contribution in [1.29, 1.82) is 0 Å². The summed E-state index contributed by atoms with van der Waals surface area (Å²) in [6, 6.07) is 6.46. The Labute approximate surface area is 107 Å². The molecular formula is C14H18N2O2. The monoisotopic (exact) mass is 246 g/mol. The second kappa shape index (κ2) is 5.67. The molecule has 1 unspecified atom stereocenters. The van der Waals surface area contributed by atoms with E-state index in [-0.39, 0.29) is 17.2 Å². The number of amides is 1. The van der Waals surface area contributed by atoms with Crippen molar-refractivity contribution in [1.82, 2.24) is 5.43 Å². The van der Waals surface area contributed by atoms with Gasteiger partial charge in [0, 0.05) is 5.71 Å². The number of nitrogens with zero attached hydrogens (tertiary/aromatic N) is 1. The summed E-state index contributed by atoms with van der Waals surface area (Å²) in [7, 11) is 0. The lowest BCUT2D eigenvalue weighted by Gasteiger charge is -2.19. The zero-order chi connectivity index (χ0) is 13.0. The van der Waals surface area contributed by atoms with Crippen LogP contribution in [-0.4, -0.2) is 16.7 Å². The Hall–Kier alpha value is -1.84. The van der Waals surface area contributed by atoms with E-state index in [4.69, 9.17) is 0 Å². The highest BCUT2D eigenvalue weighted by atomic mass is 16.3. The number of hydrogen-bond acceptors (Lipinski definition) is 3. The lowest BCUT2D eigenvalue weighted by Crippen LogP contribution is -2.24. The van der Waals surface area contributed by atoms with Gasteiger partial charge in [0.05, 0.1) is 5.56 Å². The number of carbonyl (C=O) groups excluding carboxylic acids is 1. The van der Waals surface area contributed by atoms with E-state index in [9.17, 15) is 9.90 Å². The van der Waals surface area contributed by atoms with Crippen LogP contribution in [0.3, 0.4) is 0 Å². The summed E-state index contributed by atoms with van der Waals surface area (Å²) >= 11 is 0. The van der Waals surface area contributed by atoms with Crippen LogP contribution in [0.4, 0.5) is 0 Å². The van der Waals surface area contributed by atoms with Crippen molar-refractivity contribution in [3.63, 3.8) is 0 Å². The molecule has 0 aliphatic heterocycles. The Morgan fingerprint density at radius 1 is 1.39 bits per heavy atom. The van der Waals surface area contributed by atoms with Gasteiger partial charge in [-0.1, -0.05) is 25.5 Å². The van der Waals surface area contributed by atoms with Crippen LogP contribution in [0.25, 0.3) is 0 Å². The third-order valence-electron chi connectivity index (χ3n) is 3.34. The number of para-hydroxylation sites is 1. The molecule has 1 aliphatic carbocycles. The van der Waals surface area contributed by atoms with Gasteiger partial charge in [-0.05, 0) is 37.3 Å². The van der Waals surface area contributed by atoms with Gasteiger partial charge in [-0.15, -0.1) is 0 Å². The highest BCUT2D eigenvalue weighted by Crippen LogP contribution is 2.21. The maximum Gasteiger partial charge on any atom is 0.275 e. The quantitative estimate of drug-likeness (QED) is 0.788. The first-order chi connectivity index (χ1) is 8.68. The molecule has 4 nitrogen and oxygen atoms in total. The number of hydrazone groups is 1. The number of rotatable bonds is 2. The summed E-state index contributed by atoms with van der Waals surface area (Å²) in [5, 5.41) is 13.7. The van der Waals surface area contributed by atoms with E-state index in [0.29, 0.717) is 5.92 Å². The van der Waals surface area contributed by atoms with Crippen LogP contribution in [-0.2, 0) is 0 Å². The minimum atomic E-state index is -0.363. The van der Waals surface area contributed by atoms with Crippen LogP contribution in [0.1, 0.15) is 43.0 Å². The lowest BCUT2D eigenvalue weighted by molar-refractivity contribution is 0.0951. The second-order valence-electron chi connectivity index (χ2n) is 4.71. The van der Waals surface area contributed by atoms with Gasteiger partial charge in [0.25, 0.3) is 5.91 Å². The van der Waals surface area contributed by atoms with Gasteiger partial charge in [-0.25, -0.2) is 5.43 Å². The van der Waals surface area contributed by atoms with Crippen molar-refractivity contribution < 1.29 is 9.90 Å². The molecule has 1 fully saturated rings. The number of hydrogen-bond donors (Lipinski definition) is 2. The topological polar surface area (TPSA) is 61.7 Å². The number of phenols is 1. The van der Waals surface area contributed by atoms with Crippen molar-refractivity contribution in [2.45, 2.75) is 32.6 Å². The number of carbonyl (C=O) groups is 1. The van der Waals surface area contributed by atoms with Gasteiger partial charge < -0.3 is 5.11 Å². The average Bonchev–Trinajstić information content (AvgIpc) is 2.38. The molecular weight excluding hydrogens is 228 g/mol. The van der Waals surface area contributed by atoms with E-state index >= 15 is 0 Å². The van der Waals surface area contributed by atoms with Crippen molar-refractivity contribution in [3.05, 3.63) is 29.8 Å². The summed E-state index contributed by atoms with van der Waals surface area (Å²) in [6.07, 6.45) is 4.44. The fraction of sp³-hybridized carbons (Fsp3) is 0.429. The standard InChI is InChI=1S/C14H18N2O2/c1-10-6-2-4-8-12(10)15-16-14(18)11-7-3-5-9-13(11)17/h3,5,7,9-10,17H,2,4,6,8H2,1H3,(H,16,18)/b15-12+. The molecule has 1 amide bonds. The van der Waals surface area contributed by atoms with E-state index in [2.05, 4.69) is 17.5 Å². The molecule has 0 heterocycles. The highest BCUT2D eigenvalue weighted by molar-refractivity contribution is 5.98. The number of phenolic OH excluding ortho intramolecular Hbond substituents is 1. The summed E-state index contributed by atoms with van der Waals surface area (Å²) in [5.74, 6) is 0.0497. The van der Waals surface area contributed by atoms with Gasteiger partial charge in [0.15, 0.2) is 0 Å². The predicted molar refractivity (Wildman–Crippen MR) is 70.6 cm³/mol. The fourth-order valence-electron chi connectivity index (χ4n) is 2.18. The molecule has 1 atom stereocenters. The van der Waals surface area contributed by atoms with E-state index in [1.54, 1.807) is 18.2 Å². The average molecular weight is 246 g/mol. The molecule has 0 aromatic heterocycles.